The molecule has 0 aliphatic carbocycles. The van der Waals surface area contributed by atoms with Crippen molar-refractivity contribution < 1.29 is 23.5 Å². The number of hydrogen-bond donors (Lipinski definition) is 1. The van der Waals surface area contributed by atoms with Gasteiger partial charge in [0.2, 0.25) is 0 Å². The first-order valence-electron chi connectivity index (χ1n) is 12.3. The normalized spacial score (nSPS) is 11.9. The second-order valence-electron chi connectivity index (χ2n) is 12.1. The molecule has 3 rings (SSSR count). The molecule has 0 saturated heterocycles. The van der Waals surface area contributed by atoms with Gasteiger partial charge in [-0.25, -0.2) is 14.4 Å². The van der Waals surface area contributed by atoms with Crippen LogP contribution in [0, 0.1) is 28.1 Å². The zero-order valence-electron chi connectivity index (χ0n) is 23.4. The van der Waals surface area contributed by atoms with Crippen molar-refractivity contribution in [1.82, 2.24) is 9.97 Å². The average Bonchev–Trinajstić information content (AvgIpc) is 2.78. The second-order valence-corrected chi connectivity index (χ2v) is 16.9. The van der Waals surface area contributed by atoms with Gasteiger partial charge in [0.1, 0.15) is 20.2 Å². The van der Waals surface area contributed by atoms with Crippen LogP contribution in [-0.4, -0.2) is 30.0 Å². The summed E-state index contributed by atoms with van der Waals surface area (Å²) in [6, 6.07) is 7.95. The van der Waals surface area contributed by atoms with Crippen molar-refractivity contribution in [2.45, 2.75) is 61.2 Å². The minimum Gasteiger partial charge on any atom is -0.422 e. The van der Waals surface area contributed by atoms with Crippen LogP contribution in [0.1, 0.15) is 47.1 Å². The molecule has 0 aliphatic heterocycles. The van der Waals surface area contributed by atoms with Crippen LogP contribution in [0.3, 0.4) is 0 Å². The van der Waals surface area contributed by atoms with E-state index in [0.717, 1.165) is 0 Å². The van der Waals surface area contributed by atoms with Crippen LogP contribution < -0.4 is 14.8 Å². The van der Waals surface area contributed by atoms with Crippen molar-refractivity contribution in [2.75, 3.05) is 5.32 Å². The first-order valence-corrected chi connectivity index (χ1v) is 15.8. The van der Waals surface area contributed by atoms with E-state index in [-0.39, 0.29) is 28.6 Å². The Bertz CT molecular complexity index is 1460. The van der Waals surface area contributed by atoms with Crippen molar-refractivity contribution >= 4 is 42.4 Å². The number of esters is 2. The van der Waals surface area contributed by atoms with E-state index in [4.69, 9.17) is 9.47 Å². The van der Waals surface area contributed by atoms with Crippen LogP contribution in [0.25, 0.3) is 10.9 Å². The number of aromatic nitrogens is 2. The number of rotatable bonds is 4. The van der Waals surface area contributed by atoms with E-state index < -0.39 is 36.7 Å². The number of carbonyl (C=O) groups is 2. The monoisotopic (exact) mass is 535 g/mol. The fourth-order valence-corrected chi connectivity index (χ4v) is 3.45. The van der Waals surface area contributed by atoms with Gasteiger partial charge < -0.3 is 14.8 Å². The van der Waals surface area contributed by atoms with E-state index in [9.17, 15) is 9.59 Å². The highest BCUT2D eigenvalue weighted by Crippen LogP contribution is 2.37. The van der Waals surface area contributed by atoms with Crippen molar-refractivity contribution in [1.29, 1.82) is 0 Å². The molecule has 0 amide bonds. The van der Waals surface area contributed by atoms with Gasteiger partial charge in [-0.15, -0.1) is 5.54 Å². The van der Waals surface area contributed by atoms with E-state index in [1.807, 2.05) is 0 Å². The number of fused-ring (bicyclic) bond motifs is 1. The van der Waals surface area contributed by atoms with E-state index in [1.54, 1.807) is 59.7 Å². The lowest BCUT2D eigenvalue weighted by Crippen LogP contribution is -2.28. The minimum atomic E-state index is -1.70. The Morgan fingerprint density at radius 3 is 2.05 bits per heavy atom. The summed E-state index contributed by atoms with van der Waals surface area (Å²) in [6.07, 6.45) is 1.31. The highest BCUT2D eigenvalue weighted by Gasteiger charge is 2.29. The zero-order chi connectivity index (χ0) is 28.5. The molecule has 0 fully saturated rings. The molecule has 1 heterocycles. The molecular formula is C29H34FN3O4Si. The quantitative estimate of drug-likeness (QED) is 0.173. The molecule has 2 aromatic carbocycles. The fraction of sp³-hybridized carbons (Fsp3) is 0.379. The smallest absolute Gasteiger partial charge is 0.316 e. The lowest BCUT2D eigenvalue weighted by molar-refractivity contribution is -0.145. The Kier molecular flexibility index (Phi) is 7.98. The molecule has 0 atom stereocenters. The summed E-state index contributed by atoms with van der Waals surface area (Å²) in [4.78, 5) is 33.9. The second kappa shape index (κ2) is 10.5. The number of benzene rings is 2. The van der Waals surface area contributed by atoms with Crippen molar-refractivity contribution in [3.05, 3.63) is 48.0 Å². The molecule has 9 heteroatoms. The number of carbonyl (C=O) groups excluding carboxylic acids is 2. The minimum absolute atomic E-state index is 0.0306. The molecule has 0 aliphatic rings. The third-order valence-corrected chi connectivity index (χ3v) is 6.03. The highest BCUT2D eigenvalue weighted by molar-refractivity contribution is 6.83. The van der Waals surface area contributed by atoms with E-state index >= 15 is 4.39 Å². The maximum absolute atomic E-state index is 15.3. The summed E-state index contributed by atoms with van der Waals surface area (Å²) in [5, 5.41) is 3.46. The summed E-state index contributed by atoms with van der Waals surface area (Å²) < 4.78 is 26.6. The van der Waals surface area contributed by atoms with Gasteiger partial charge in [0.15, 0.2) is 17.3 Å². The van der Waals surface area contributed by atoms with Gasteiger partial charge in [0.25, 0.3) is 0 Å². The van der Waals surface area contributed by atoms with Gasteiger partial charge in [-0.2, -0.15) is 0 Å². The topological polar surface area (TPSA) is 90.4 Å². The Balaban J connectivity index is 2.11. The van der Waals surface area contributed by atoms with Crippen LogP contribution in [-0.2, 0) is 9.59 Å². The van der Waals surface area contributed by atoms with Gasteiger partial charge in [-0.05, 0) is 59.7 Å². The van der Waals surface area contributed by atoms with E-state index in [1.165, 1.54) is 18.5 Å². The molecule has 1 aromatic heterocycles. The number of ether oxygens (including phenoxy) is 2. The molecule has 3 aromatic rings. The van der Waals surface area contributed by atoms with Crippen LogP contribution >= 0.6 is 0 Å². The van der Waals surface area contributed by atoms with Crippen LogP contribution in [0.5, 0.6) is 11.5 Å². The van der Waals surface area contributed by atoms with Crippen LogP contribution in [0.15, 0.2) is 36.7 Å². The van der Waals surface area contributed by atoms with Gasteiger partial charge in [0.05, 0.1) is 27.6 Å². The Morgan fingerprint density at radius 1 is 0.921 bits per heavy atom. The third kappa shape index (κ3) is 7.16. The van der Waals surface area contributed by atoms with Gasteiger partial charge in [-0.1, -0.05) is 31.6 Å². The summed E-state index contributed by atoms with van der Waals surface area (Å²) in [6.45, 7) is 16.6. The van der Waals surface area contributed by atoms with Gasteiger partial charge in [-0.3, -0.25) is 9.59 Å². The summed E-state index contributed by atoms with van der Waals surface area (Å²) in [5.74, 6) is 1.80. The molecule has 200 valence electrons. The van der Waals surface area contributed by atoms with Gasteiger partial charge in [0, 0.05) is 11.5 Å². The number of anilines is 2. The number of nitrogens with zero attached hydrogens (tertiary/aromatic N) is 2. The predicted octanol–water partition coefficient (Wildman–Crippen LogP) is 6.64. The molecule has 0 unspecified atom stereocenters. The molecule has 0 radical (unpaired) electrons. The number of hydrogen-bond acceptors (Lipinski definition) is 7. The van der Waals surface area contributed by atoms with Gasteiger partial charge >= 0.3 is 11.9 Å². The molecule has 38 heavy (non-hydrogen) atoms. The molecular weight excluding hydrogens is 501 g/mol. The average molecular weight is 536 g/mol. The zero-order valence-corrected chi connectivity index (χ0v) is 24.4. The summed E-state index contributed by atoms with van der Waals surface area (Å²) in [7, 11) is -1.70. The molecule has 0 saturated carbocycles. The number of halogens is 1. The van der Waals surface area contributed by atoms with E-state index in [2.05, 4.69) is 46.4 Å². The lowest BCUT2D eigenvalue weighted by Gasteiger charge is -2.21. The molecule has 0 bridgehead atoms. The maximum Gasteiger partial charge on any atom is 0.316 e. The largest absolute Gasteiger partial charge is 0.422 e. The van der Waals surface area contributed by atoms with Crippen molar-refractivity contribution in [3.63, 3.8) is 0 Å². The Hall–Kier alpha value is -3.77. The van der Waals surface area contributed by atoms with E-state index in [0.29, 0.717) is 10.9 Å². The van der Waals surface area contributed by atoms with Crippen LogP contribution in [0.4, 0.5) is 15.9 Å². The summed E-state index contributed by atoms with van der Waals surface area (Å²) in [5.41, 5.74) is 2.45. The fourth-order valence-electron chi connectivity index (χ4n) is 2.94. The lowest BCUT2D eigenvalue weighted by atomic mass is 9.97. The highest BCUT2D eigenvalue weighted by atomic mass is 28.3. The molecule has 1 N–H and O–H groups in total. The first-order chi connectivity index (χ1) is 17.5. The molecule has 0 spiro atoms. The van der Waals surface area contributed by atoms with Crippen LogP contribution in [0.2, 0.25) is 19.6 Å². The Labute approximate surface area is 224 Å². The first kappa shape index (κ1) is 28.8. The number of nitrogens with one attached hydrogen (secondary N) is 1. The van der Waals surface area contributed by atoms with Crippen molar-refractivity contribution in [2.24, 2.45) is 10.8 Å². The molecule has 7 nitrogen and oxygen atoms in total. The maximum atomic E-state index is 15.3. The third-order valence-electron chi connectivity index (χ3n) is 5.15. The standard InChI is InChI=1S/C29H34FN3O4Si/c1-28(2,3)26(34)36-22-15-19-21(16-23(22)37-27(35)29(4,5)6)31-17-32-25(19)33-20-12-10-11-18(24(20)30)13-14-38(7,8)9/h10-12,15-17H,1-9H3,(H,31,32,33). The van der Waals surface area contributed by atoms with Crippen molar-refractivity contribution in [3.8, 4) is 23.0 Å². The SMILES string of the molecule is CC(C)(C)C(=O)Oc1cc2ncnc(Nc3cccc(C#C[Si](C)(C)C)c3F)c2cc1OC(=O)C(C)(C)C. The summed E-state index contributed by atoms with van der Waals surface area (Å²) >= 11 is 0. The Morgan fingerprint density at radius 2 is 1.50 bits per heavy atom. The predicted molar refractivity (Wildman–Crippen MR) is 150 cm³/mol.